The highest BCUT2D eigenvalue weighted by Gasteiger charge is 2.33. The summed E-state index contributed by atoms with van der Waals surface area (Å²) in [6, 6.07) is 1.94. The standard InChI is InChI=1S/C12H14FN3O2/c1-7-8(13)4-5-9(15-7)12(18)16-6-2-3-10(16)11(14)17/h4-5,10H,2-3,6H2,1H3,(H2,14,17). The molecule has 18 heavy (non-hydrogen) atoms. The van der Waals surface area contributed by atoms with E-state index in [1.807, 2.05) is 0 Å². The predicted molar refractivity (Wildman–Crippen MR) is 62.2 cm³/mol. The third kappa shape index (κ3) is 2.18. The fourth-order valence-corrected chi connectivity index (χ4v) is 2.12. The van der Waals surface area contributed by atoms with Gasteiger partial charge < -0.3 is 10.6 Å². The Kier molecular flexibility index (Phi) is 3.27. The average molecular weight is 251 g/mol. The lowest BCUT2D eigenvalue weighted by molar-refractivity contribution is -0.121. The van der Waals surface area contributed by atoms with E-state index in [0.29, 0.717) is 13.0 Å². The molecule has 2 amide bonds. The van der Waals surface area contributed by atoms with Gasteiger partial charge in [0.05, 0.1) is 5.69 Å². The maximum absolute atomic E-state index is 13.1. The van der Waals surface area contributed by atoms with Crippen LogP contribution in [0.25, 0.3) is 0 Å². The first-order chi connectivity index (χ1) is 8.50. The average Bonchev–Trinajstić information content (AvgIpc) is 2.81. The van der Waals surface area contributed by atoms with E-state index in [0.717, 1.165) is 6.42 Å². The van der Waals surface area contributed by atoms with Crippen LogP contribution in [0, 0.1) is 12.7 Å². The Morgan fingerprint density at radius 3 is 2.83 bits per heavy atom. The molecule has 0 saturated carbocycles. The molecule has 2 rings (SSSR count). The first kappa shape index (κ1) is 12.5. The highest BCUT2D eigenvalue weighted by atomic mass is 19.1. The van der Waals surface area contributed by atoms with E-state index < -0.39 is 17.8 Å². The van der Waals surface area contributed by atoms with Crippen molar-refractivity contribution >= 4 is 11.8 Å². The molecule has 1 aromatic rings. The maximum atomic E-state index is 13.1. The van der Waals surface area contributed by atoms with Crippen molar-refractivity contribution < 1.29 is 14.0 Å². The fourth-order valence-electron chi connectivity index (χ4n) is 2.12. The van der Waals surface area contributed by atoms with Crippen molar-refractivity contribution in [3.05, 3.63) is 29.3 Å². The number of primary amides is 1. The molecule has 1 aliphatic heterocycles. The van der Waals surface area contributed by atoms with E-state index in [4.69, 9.17) is 5.73 Å². The molecule has 0 aromatic carbocycles. The van der Waals surface area contributed by atoms with E-state index >= 15 is 0 Å². The van der Waals surface area contributed by atoms with Crippen LogP contribution in [-0.4, -0.2) is 34.3 Å². The van der Waals surface area contributed by atoms with Crippen LogP contribution in [0.15, 0.2) is 12.1 Å². The molecule has 96 valence electrons. The fraction of sp³-hybridized carbons (Fsp3) is 0.417. The van der Waals surface area contributed by atoms with E-state index in [9.17, 15) is 14.0 Å². The number of aryl methyl sites for hydroxylation is 1. The van der Waals surface area contributed by atoms with Crippen LogP contribution in [0.1, 0.15) is 29.0 Å². The Morgan fingerprint density at radius 1 is 1.50 bits per heavy atom. The number of aromatic nitrogens is 1. The van der Waals surface area contributed by atoms with Crippen LogP contribution in [-0.2, 0) is 4.79 Å². The first-order valence-corrected chi connectivity index (χ1v) is 5.74. The monoisotopic (exact) mass is 251 g/mol. The SMILES string of the molecule is Cc1nc(C(=O)N2CCCC2C(N)=O)ccc1F. The Morgan fingerprint density at radius 2 is 2.22 bits per heavy atom. The van der Waals surface area contributed by atoms with Gasteiger partial charge in [-0.3, -0.25) is 9.59 Å². The Hall–Kier alpha value is -1.98. The molecule has 0 bridgehead atoms. The van der Waals surface area contributed by atoms with Crippen LogP contribution in [0.2, 0.25) is 0 Å². The smallest absolute Gasteiger partial charge is 0.273 e. The third-order valence-electron chi connectivity index (χ3n) is 3.08. The number of likely N-dealkylation sites (tertiary alicyclic amines) is 1. The van der Waals surface area contributed by atoms with Crippen LogP contribution in [0.4, 0.5) is 4.39 Å². The van der Waals surface area contributed by atoms with Gasteiger partial charge in [-0.1, -0.05) is 0 Å². The lowest BCUT2D eigenvalue weighted by atomic mass is 10.2. The summed E-state index contributed by atoms with van der Waals surface area (Å²) in [5.41, 5.74) is 5.55. The quantitative estimate of drug-likeness (QED) is 0.837. The van der Waals surface area contributed by atoms with Crippen molar-refractivity contribution in [2.45, 2.75) is 25.8 Å². The minimum atomic E-state index is -0.579. The summed E-state index contributed by atoms with van der Waals surface area (Å²) in [6.45, 7) is 1.96. The second-order valence-electron chi connectivity index (χ2n) is 4.32. The Bertz CT molecular complexity index is 504. The number of carbonyl (C=O) groups is 2. The molecular formula is C12H14FN3O2. The zero-order valence-corrected chi connectivity index (χ0v) is 10.0. The molecule has 1 unspecified atom stereocenters. The minimum absolute atomic E-state index is 0.141. The molecule has 1 aromatic heterocycles. The van der Waals surface area contributed by atoms with Crippen molar-refractivity contribution in [2.24, 2.45) is 5.73 Å². The van der Waals surface area contributed by atoms with Gasteiger partial charge in [-0.25, -0.2) is 9.37 Å². The number of nitrogens with two attached hydrogens (primary N) is 1. The first-order valence-electron chi connectivity index (χ1n) is 5.74. The van der Waals surface area contributed by atoms with Gasteiger partial charge >= 0.3 is 0 Å². The summed E-state index contributed by atoms with van der Waals surface area (Å²) >= 11 is 0. The number of hydrogen-bond acceptors (Lipinski definition) is 3. The van der Waals surface area contributed by atoms with Crippen molar-refractivity contribution in [3.63, 3.8) is 0 Å². The van der Waals surface area contributed by atoms with Gasteiger partial charge in [0.15, 0.2) is 0 Å². The lowest BCUT2D eigenvalue weighted by Crippen LogP contribution is -2.44. The summed E-state index contributed by atoms with van der Waals surface area (Å²) in [5, 5.41) is 0. The maximum Gasteiger partial charge on any atom is 0.273 e. The summed E-state index contributed by atoms with van der Waals surface area (Å²) in [5.74, 6) is -1.35. The second kappa shape index (κ2) is 4.72. The second-order valence-corrected chi connectivity index (χ2v) is 4.32. The molecule has 1 aliphatic rings. The molecule has 1 saturated heterocycles. The zero-order valence-electron chi connectivity index (χ0n) is 10.0. The number of pyridine rings is 1. The van der Waals surface area contributed by atoms with Crippen molar-refractivity contribution in [1.82, 2.24) is 9.88 Å². The molecule has 0 spiro atoms. The molecule has 5 nitrogen and oxygen atoms in total. The van der Waals surface area contributed by atoms with E-state index in [2.05, 4.69) is 4.98 Å². The Labute approximate surface area is 104 Å². The summed E-state index contributed by atoms with van der Waals surface area (Å²) in [4.78, 5) is 28.7. The highest BCUT2D eigenvalue weighted by Crippen LogP contribution is 2.19. The van der Waals surface area contributed by atoms with Crippen LogP contribution in [0.3, 0.4) is 0 Å². The lowest BCUT2D eigenvalue weighted by Gasteiger charge is -2.21. The number of carbonyl (C=O) groups excluding carboxylic acids is 2. The van der Waals surface area contributed by atoms with Gasteiger partial charge in [-0.15, -0.1) is 0 Å². The van der Waals surface area contributed by atoms with Gasteiger partial charge in [-0.05, 0) is 31.9 Å². The van der Waals surface area contributed by atoms with Gasteiger partial charge in [-0.2, -0.15) is 0 Å². The van der Waals surface area contributed by atoms with E-state index in [1.54, 1.807) is 0 Å². The minimum Gasteiger partial charge on any atom is -0.368 e. The normalized spacial score (nSPS) is 19.0. The topological polar surface area (TPSA) is 76.3 Å². The predicted octanol–water partition coefficient (Wildman–Crippen LogP) is 0.619. The zero-order chi connectivity index (χ0) is 13.3. The molecule has 0 radical (unpaired) electrons. The summed E-state index contributed by atoms with van der Waals surface area (Å²) in [7, 11) is 0. The van der Waals surface area contributed by atoms with Gasteiger partial charge in [0.1, 0.15) is 17.6 Å². The molecular weight excluding hydrogens is 237 g/mol. The molecule has 6 heteroatoms. The van der Waals surface area contributed by atoms with Crippen LogP contribution < -0.4 is 5.73 Å². The van der Waals surface area contributed by atoms with Gasteiger partial charge in [0, 0.05) is 6.54 Å². The highest BCUT2D eigenvalue weighted by molar-refractivity contribution is 5.96. The number of hydrogen-bond donors (Lipinski definition) is 1. The molecule has 0 aliphatic carbocycles. The molecule has 1 fully saturated rings. The third-order valence-corrected chi connectivity index (χ3v) is 3.08. The van der Waals surface area contributed by atoms with Crippen molar-refractivity contribution in [3.8, 4) is 0 Å². The van der Waals surface area contributed by atoms with E-state index in [1.165, 1.54) is 24.0 Å². The van der Waals surface area contributed by atoms with E-state index in [-0.39, 0.29) is 17.3 Å². The molecule has 2 heterocycles. The summed E-state index contributed by atoms with van der Waals surface area (Å²) in [6.07, 6.45) is 1.31. The van der Waals surface area contributed by atoms with Crippen molar-refractivity contribution in [2.75, 3.05) is 6.54 Å². The van der Waals surface area contributed by atoms with Crippen LogP contribution in [0.5, 0.6) is 0 Å². The van der Waals surface area contributed by atoms with Gasteiger partial charge in [0.2, 0.25) is 5.91 Å². The number of halogens is 1. The molecule has 2 N–H and O–H groups in total. The summed E-state index contributed by atoms with van der Waals surface area (Å²) < 4.78 is 13.1. The van der Waals surface area contributed by atoms with Crippen molar-refractivity contribution in [1.29, 1.82) is 0 Å². The number of rotatable bonds is 2. The number of nitrogens with zero attached hydrogens (tertiary/aromatic N) is 2. The van der Waals surface area contributed by atoms with Crippen LogP contribution >= 0.6 is 0 Å². The number of amides is 2. The Balaban J connectivity index is 2.25. The molecule has 1 atom stereocenters. The van der Waals surface area contributed by atoms with Gasteiger partial charge in [0.25, 0.3) is 5.91 Å². The largest absolute Gasteiger partial charge is 0.368 e.